The molecule has 0 bridgehead atoms. The number of carbonyl (C=O) groups excluding carboxylic acids is 1. The Morgan fingerprint density at radius 2 is 2.33 bits per heavy atom. The van der Waals surface area contributed by atoms with Crippen molar-refractivity contribution >= 4 is 34.5 Å². The summed E-state index contributed by atoms with van der Waals surface area (Å²) in [6.07, 6.45) is 0. The van der Waals surface area contributed by atoms with Crippen LogP contribution in [0.3, 0.4) is 0 Å². The van der Waals surface area contributed by atoms with Crippen LogP contribution < -0.4 is 0 Å². The summed E-state index contributed by atoms with van der Waals surface area (Å²) >= 11 is 7.37. The summed E-state index contributed by atoms with van der Waals surface area (Å²) in [6.45, 7) is 2.00. The molecule has 0 amide bonds. The number of rotatable bonds is 2. The number of thiol groups is 1. The van der Waals surface area contributed by atoms with Crippen LogP contribution >= 0.6 is 28.6 Å². The topological polar surface area (TPSA) is 50.1 Å². The Morgan fingerprint density at radius 3 is 2.87 bits per heavy atom. The number of hydrogen-bond donors (Lipinski definition) is 1. The summed E-state index contributed by atoms with van der Waals surface area (Å²) in [7, 11) is 0. The number of nitriles is 1. The van der Waals surface area contributed by atoms with Gasteiger partial charge in [0.25, 0.3) is 0 Å². The highest BCUT2D eigenvalue weighted by atomic mass is 79.9. The van der Waals surface area contributed by atoms with E-state index in [0.29, 0.717) is 9.37 Å². The first kappa shape index (κ1) is 12.1. The van der Waals surface area contributed by atoms with Gasteiger partial charge < -0.3 is 4.74 Å². The van der Waals surface area contributed by atoms with E-state index in [0.717, 1.165) is 0 Å². The number of benzene rings is 1. The van der Waals surface area contributed by atoms with Gasteiger partial charge in [-0.1, -0.05) is 0 Å². The largest absolute Gasteiger partial charge is 0.462 e. The second-order valence-electron chi connectivity index (χ2n) is 2.68. The van der Waals surface area contributed by atoms with Gasteiger partial charge in [-0.15, -0.1) is 12.6 Å². The van der Waals surface area contributed by atoms with Crippen LogP contribution in [-0.2, 0) is 4.74 Å². The van der Waals surface area contributed by atoms with Crippen LogP contribution in [0.2, 0.25) is 0 Å². The molecule has 1 aromatic rings. The lowest BCUT2D eigenvalue weighted by atomic mass is 10.1. The highest BCUT2D eigenvalue weighted by molar-refractivity contribution is 9.10. The molecule has 0 radical (unpaired) electrons. The molecule has 3 nitrogen and oxygen atoms in total. The van der Waals surface area contributed by atoms with Gasteiger partial charge in [0, 0.05) is 9.37 Å². The van der Waals surface area contributed by atoms with Crippen LogP contribution in [-0.4, -0.2) is 12.6 Å². The Kier molecular flexibility index (Phi) is 4.18. The van der Waals surface area contributed by atoms with Crippen molar-refractivity contribution in [3.63, 3.8) is 0 Å². The lowest BCUT2D eigenvalue weighted by molar-refractivity contribution is 0.0526. The SMILES string of the molecule is CCOC(=O)c1cc(Br)c(S)cc1C#N. The van der Waals surface area contributed by atoms with Gasteiger partial charge in [-0.2, -0.15) is 5.26 Å². The molecule has 0 aliphatic carbocycles. The van der Waals surface area contributed by atoms with Crippen LogP contribution in [0, 0.1) is 11.3 Å². The van der Waals surface area contributed by atoms with Gasteiger partial charge in [-0.25, -0.2) is 4.79 Å². The molecule has 0 aromatic heterocycles. The predicted molar refractivity (Wildman–Crippen MR) is 62.1 cm³/mol. The molecule has 0 heterocycles. The molecule has 5 heteroatoms. The molecular weight excluding hydrogens is 278 g/mol. The van der Waals surface area contributed by atoms with Gasteiger partial charge in [-0.3, -0.25) is 0 Å². The van der Waals surface area contributed by atoms with E-state index < -0.39 is 5.97 Å². The van der Waals surface area contributed by atoms with Crippen molar-refractivity contribution in [2.75, 3.05) is 6.61 Å². The molecule has 0 N–H and O–H groups in total. The highest BCUT2D eigenvalue weighted by Crippen LogP contribution is 2.25. The van der Waals surface area contributed by atoms with Crippen LogP contribution in [0.15, 0.2) is 21.5 Å². The number of hydrogen-bond acceptors (Lipinski definition) is 4. The number of ether oxygens (including phenoxy) is 1. The first-order valence-electron chi connectivity index (χ1n) is 4.19. The predicted octanol–water partition coefficient (Wildman–Crippen LogP) is 2.79. The van der Waals surface area contributed by atoms with E-state index in [1.54, 1.807) is 13.0 Å². The van der Waals surface area contributed by atoms with Crippen LogP contribution in [0.5, 0.6) is 0 Å². The minimum absolute atomic E-state index is 0.254. The second-order valence-corrected chi connectivity index (χ2v) is 4.02. The smallest absolute Gasteiger partial charge is 0.339 e. The average molecular weight is 286 g/mol. The number of carbonyl (C=O) groups is 1. The van der Waals surface area contributed by atoms with Gasteiger partial charge in [0.05, 0.1) is 17.7 Å². The zero-order chi connectivity index (χ0) is 11.4. The highest BCUT2D eigenvalue weighted by Gasteiger charge is 2.14. The Bertz CT molecular complexity index is 440. The Labute approximate surface area is 102 Å². The summed E-state index contributed by atoms with van der Waals surface area (Å²) in [4.78, 5) is 12.1. The molecule has 78 valence electrons. The fourth-order valence-electron chi connectivity index (χ4n) is 1.03. The van der Waals surface area contributed by atoms with E-state index in [1.165, 1.54) is 6.07 Å². The standard InChI is InChI=1S/C10H8BrNO2S/c1-2-14-10(13)7-4-8(11)9(15)3-6(7)5-12/h3-4,15H,2H2,1H3. The minimum Gasteiger partial charge on any atom is -0.462 e. The maximum atomic E-state index is 11.5. The average Bonchev–Trinajstić information content (AvgIpc) is 2.21. The Hall–Kier alpha value is -0.990. The summed E-state index contributed by atoms with van der Waals surface area (Å²) in [6, 6.07) is 5.00. The van der Waals surface area contributed by atoms with Crippen molar-refractivity contribution in [3.8, 4) is 6.07 Å². The monoisotopic (exact) mass is 285 g/mol. The van der Waals surface area contributed by atoms with Crippen molar-refractivity contribution in [2.24, 2.45) is 0 Å². The maximum absolute atomic E-state index is 11.5. The van der Waals surface area contributed by atoms with Crippen LogP contribution in [0.4, 0.5) is 0 Å². The molecule has 0 aliphatic heterocycles. The molecule has 0 aliphatic rings. The van der Waals surface area contributed by atoms with Crippen LogP contribution in [0.25, 0.3) is 0 Å². The molecule has 0 spiro atoms. The molecule has 0 saturated heterocycles. The Balaban J connectivity index is 3.23. The van der Waals surface area contributed by atoms with Gasteiger partial charge in [-0.05, 0) is 35.0 Å². The molecule has 0 saturated carbocycles. The number of esters is 1. The van der Waals surface area contributed by atoms with E-state index in [-0.39, 0.29) is 17.7 Å². The van der Waals surface area contributed by atoms with Gasteiger partial charge >= 0.3 is 5.97 Å². The third-order valence-corrected chi connectivity index (χ3v) is 3.04. The fraction of sp³-hybridized carbons (Fsp3) is 0.200. The number of halogens is 1. The Morgan fingerprint density at radius 1 is 1.67 bits per heavy atom. The van der Waals surface area contributed by atoms with E-state index in [4.69, 9.17) is 10.00 Å². The normalized spacial score (nSPS) is 9.47. The van der Waals surface area contributed by atoms with Crippen molar-refractivity contribution < 1.29 is 9.53 Å². The van der Waals surface area contributed by atoms with Gasteiger partial charge in [0.1, 0.15) is 6.07 Å². The molecule has 15 heavy (non-hydrogen) atoms. The summed E-state index contributed by atoms with van der Waals surface area (Å²) < 4.78 is 5.49. The molecule has 1 aromatic carbocycles. The third kappa shape index (κ3) is 2.74. The number of nitrogens with zero attached hydrogens (tertiary/aromatic N) is 1. The molecule has 0 unspecified atom stereocenters. The summed E-state index contributed by atoms with van der Waals surface area (Å²) in [5.74, 6) is -0.497. The molecule has 1 rings (SSSR count). The fourth-order valence-corrected chi connectivity index (χ4v) is 1.57. The molecular formula is C10H8BrNO2S. The second kappa shape index (κ2) is 5.19. The first-order valence-corrected chi connectivity index (χ1v) is 5.44. The van der Waals surface area contributed by atoms with Crippen molar-refractivity contribution in [1.29, 1.82) is 5.26 Å². The minimum atomic E-state index is -0.497. The van der Waals surface area contributed by atoms with Gasteiger partial charge in [0.2, 0.25) is 0 Å². The van der Waals surface area contributed by atoms with E-state index in [1.807, 2.05) is 6.07 Å². The van der Waals surface area contributed by atoms with E-state index >= 15 is 0 Å². The first-order chi connectivity index (χ1) is 7.10. The zero-order valence-electron chi connectivity index (χ0n) is 7.95. The maximum Gasteiger partial charge on any atom is 0.339 e. The lowest BCUT2D eigenvalue weighted by Gasteiger charge is -2.05. The van der Waals surface area contributed by atoms with Crippen LogP contribution in [0.1, 0.15) is 22.8 Å². The van der Waals surface area contributed by atoms with Crippen molar-refractivity contribution in [2.45, 2.75) is 11.8 Å². The third-order valence-electron chi connectivity index (χ3n) is 1.70. The zero-order valence-corrected chi connectivity index (χ0v) is 10.4. The molecule has 0 fully saturated rings. The van der Waals surface area contributed by atoms with E-state index in [2.05, 4.69) is 28.6 Å². The van der Waals surface area contributed by atoms with E-state index in [9.17, 15) is 4.79 Å². The van der Waals surface area contributed by atoms with Crippen molar-refractivity contribution in [1.82, 2.24) is 0 Å². The quantitative estimate of drug-likeness (QED) is 0.672. The lowest BCUT2D eigenvalue weighted by Crippen LogP contribution is -2.07. The van der Waals surface area contributed by atoms with Crippen molar-refractivity contribution in [3.05, 3.63) is 27.7 Å². The summed E-state index contributed by atoms with van der Waals surface area (Å²) in [5.41, 5.74) is 0.519. The summed E-state index contributed by atoms with van der Waals surface area (Å²) in [5, 5.41) is 8.84. The molecule has 0 atom stereocenters. The van der Waals surface area contributed by atoms with Gasteiger partial charge in [0.15, 0.2) is 0 Å².